The van der Waals surface area contributed by atoms with Crippen LogP contribution >= 0.6 is 11.6 Å². The van der Waals surface area contributed by atoms with Crippen LogP contribution in [0.2, 0.25) is 5.02 Å². The van der Waals surface area contributed by atoms with E-state index < -0.39 is 34.9 Å². The van der Waals surface area contributed by atoms with Crippen molar-refractivity contribution >= 4 is 17.5 Å². The lowest BCUT2D eigenvalue weighted by molar-refractivity contribution is 0.0800. The Hall–Kier alpha value is -3.23. The van der Waals surface area contributed by atoms with Crippen LogP contribution in [-0.4, -0.2) is 24.5 Å². The van der Waals surface area contributed by atoms with Gasteiger partial charge in [-0.1, -0.05) is 48.9 Å². The second-order valence-corrected chi connectivity index (χ2v) is 7.85. The van der Waals surface area contributed by atoms with E-state index in [-0.39, 0.29) is 34.0 Å². The molecule has 1 aliphatic heterocycles. The Morgan fingerprint density at radius 3 is 2.56 bits per heavy atom. The van der Waals surface area contributed by atoms with Crippen LogP contribution < -0.4 is 20.9 Å². The number of nitrogens with zero attached hydrogens (tertiary/aromatic N) is 1. The van der Waals surface area contributed by atoms with Gasteiger partial charge >= 0.3 is 0 Å². The van der Waals surface area contributed by atoms with E-state index in [9.17, 15) is 9.18 Å². The number of fused-ring (bicyclic) bond motifs is 1. The number of primary amides is 1. The van der Waals surface area contributed by atoms with E-state index in [1.165, 1.54) is 7.11 Å². The van der Waals surface area contributed by atoms with Gasteiger partial charge in [-0.15, -0.1) is 0 Å². The average molecular weight is 460 g/mol. The molecule has 0 fully saturated rings. The van der Waals surface area contributed by atoms with Crippen LogP contribution in [0.5, 0.6) is 11.6 Å². The van der Waals surface area contributed by atoms with E-state index in [4.69, 9.17) is 32.5 Å². The molecular weight excluding hydrogens is 440 g/mol. The number of pyridine rings is 1. The third kappa shape index (κ3) is 3.10. The van der Waals surface area contributed by atoms with Crippen LogP contribution in [0.25, 0.3) is 11.1 Å². The summed E-state index contributed by atoms with van der Waals surface area (Å²) in [5.74, 6) is -3.53. The Morgan fingerprint density at radius 2 is 1.97 bits per heavy atom. The molecular formula is C23H20ClF2N3O3. The molecule has 32 heavy (non-hydrogen) atoms. The van der Waals surface area contributed by atoms with E-state index in [0.717, 1.165) is 17.8 Å². The number of ether oxygens (including phenoxy) is 2. The van der Waals surface area contributed by atoms with Gasteiger partial charge in [-0.2, -0.15) is 0 Å². The van der Waals surface area contributed by atoms with Crippen LogP contribution in [0.4, 0.5) is 8.78 Å². The fraction of sp³-hybridized carbons (Fsp3) is 0.217. The number of aromatic nitrogens is 1. The molecule has 1 aliphatic rings. The quantitative estimate of drug-likeness (QED) is 0.597. The predicted molar refractivity (Wildman–Crippen MR) is 116 cm³/mol. The van der Waals surface area contributed by atoms with Gasteiger partial charge in [0.15, 0.2) is 11.4 Å². The molecule has 9 heteroatoms. The van der Waals surface area contributed by atoms with Crippen molar-refractivity contribution in [1.29, 1.82) is 0 Å². The number of halogens is 3. The van der Waals surface area contributed by atoms with Crippen molar-refractivity contribution < 1.29 is 23.0 Å². The number of benzene rings is 2. The zero-order valence-corrected chi connectivity index (χ0v) is 18.0. The van der Waals surface area contributed by atoms with Gasteiger partial charge in [0.2, 0.25) is 0 Å². The average Bonchev–Trinajstić information content (AvgIpc) is 3.07. The number of hydrogen-bond donors (Lipinski definition) is 2. The van der Waals surface area contributed by atoms with Crippen LogP contribution in [0.3, 0.4) is 0 Å². The maximum atomic E-state index is 15.4. The molecule has 166 valence electrons. The molecule has 2 aromatic carbocycles. The Morgan fingerprint density at radius 1 is 1.28 bits per heavy atom. The molecule has 1 amide bonds. The molecule has 6 nitrogen and oxygen atoms in total. The van der Waals surface area contributed by atoms with E-state index in [2.05, 4.69) is 4.98 Å². The fourth-order valence-corrected chi connectivity index (χ4v) is 4.55. The van der Waals surface area contributed by atoms with Crippen LogP contribution in [0.15, 0.2) is 42.6 Å². The number of amides is 1. The number of carbonyl (C=O) groups excluding carboxylic acids is 1. The molecule has 2 heterocycles. The first kappa shape index (κ1) is 22.0. The Bertz CT molecular complexity index is 1220. The van der Waals surface area contributed by atoms with Crippen molar-refractivity contribution in [2.45, 2.75) is 18.4 Å². The first-order chi connectivity index (χ1) is 15.3. The van der Waals surface area contributed by atoms with Crippen LogP contribution in [0, 0.1) is 11.6 Å². The standard InChI is InChI=1S/C23H20ClF2N3O3/c1-11-16-15(32-23(11,10-27)12-6-4-3-5-7-12)8-14(25)19(24)18(16)17-13(21(28)30)9-29-22(31-2)20(17)26/h3-9,11H,10,27H2,1-2H3,(H2,28,30)/t11-,23-/m0/s1. The second kappa shape index (κ2) is 8.03. The monoisotopic (exact) mass is 459 g/mol. The maximum Gasteiger partial charge on any atom is 0.251 e. The Labute approximate surface area is 188 Å². The van der Waals surface area contributed by atoms with E-state index in [1.54, 1.807) is 0 Å². The number of carbonyl (C=O) groups is 1. The highest BCUT2D eigenvalue weighted by molar-refractivity contribution is 6.34. The largest absolute Gasteiger partial charge is 0.480 e. The summed E-state index contributed by atoms with van der Waals surface area (Å²) in [4.78, 5) is 15.9. The highest BCUT2D eigenvalue weighted by Gasteiger charge is 2.49. The maximum absolute atomic E-state index is 15.4. The summed E-state index contributed by atoms with van der Waals surface area (Å²) in [6.45, 7) is 1.88. The van der Waals surface area contributed by atoms with E-state index in [0.29, 0.717) is 5.56 Å². The zero-order valence-electron chi connectivity index (χ0n) is 17.3. The van der Waals surface area contributed by atoms with Crippen LogP contribution in [0.1, 0.15) is 34.3 Å². The van der Waals surface area contributed by atoms with Gasteiger partial charge in [-0.25, -0.2) is 13.8 Å². The van der Waals surface area contributed by atoms with Gasteiger partial charge in [-0.3, -0.25) is 4.79 Å². The topological polar surface area (TPSA) is 100 Å². The van der Waals surface area contributed by atoms with Gasteiger partial charge in [0.05, 0.1) is 17.7 Å². The molecule has 0 saturated heterocycles. The molecule has 0 aliphatic carbocycles. The Balaban J connectivity index is 2.07. The predicted octanol–water partition coefficient (Wildman–Crippen LogP) is 4.14. The third-order valence-electron chi connectivity index (χ3n) is 5.91. The highest BCUT2D eigenvalue weighted by atomic mass is 35.5. The van der Waals surface area contributed by atoms with Crippen molar-refractivity contribution in [3.05, 3.63) is 75.9 Å². The fourth-order valence-electron chi connectivity index (χ4n) is 4.30. The number of rotatable bonds is 5. The van der Waals surface area contributed by atoms with Gasteiger partial charge in [0.25, 0.3) is 11.8 Å². The van der Waals surface area contributed by atoms with E-state index in [1.807, 2.05) is 37.3 Å². The second-order valence-electron chi connectivity index (χ2n) is 7.48. The number of hydrogen-bond acceptors (Lipinski definition) is 5. The van der Waals surface area contributed by atoms with Gasteiger partial charge in [0.1, 0.15) is 11.6 Å². The third-order valence-corrected chi connectivity index (χ3v) is 6.28. The smallest absolute Gasteiger partial charge is 0.251 e. The lowest BCUT2D eigenvalue weighted by atomic mass is 9.77. The van der Waals surface area contributed by atoms with Crippen molar-refractivity contribution in [1.82, 2.24) is 4.98 Å². The minimum absolute atomic E-state index is 0.0487. The molecule has 4 N–H and O–H groups in total. The van der Waals surface area contributed by atoms with Crippen molar-refractivity contribution in [3.63, 3.8) is 0 Å². The molecule has 0 spiro atoms. The summed E-state index contributed by atoms with van der Waals surface area (Å²) in [6, 6.07) is 10.3. The molecule has 0 unspecified atom stereocenters. The summed E-state index contributed by atoms with van der Waals surface area (Å²) in [5.41, 5.74) is 11.1. The summed E-state index contributed by atoms with van der Waals surface area (Å²) in [6.07, 6.45) is 1.07. The first-order valence-corrected chi connectivity index (χ1v) is 10.1. The van der Waals surface area contributed by atoms with Crippen molar-refractivity contribution in [3.8, 4) is 22.8 Å². The summed E-state index contributed by atoms with van der Waals surface area (Å²) in [5, 5.41) is -0.380. The molecule has 3 aromatic rings. The van der Waals surface area contributed by atoms with Gasteiger partial charge < -0.3 is 20.9 Å². The zero-order chi connectivity index (χ0) is 23.2. The lowest BCUT2D eigenvalue weighted by Crippen LogP contribution is -2.41. The molecule has 4 rings (SSSR count). The summed E-state index contributed by atoms with van der Waals surface area (Å²) >= 11 is 6.36. The Kier molecular flexibility index (Phi) is 5.52. The summed E-state index contributed by atoms with van der Waals surface area (Å²) < 4.78 is 41.6. The van der Waals surface area contributed by atoms with Crippen molar-refractivity contribution in [2.75, 3.05) is 13.7 Å². The number of methoxy groups -OCH3 is 1. The minimum Gasteiger partial charge on any atom is -0.480 e. The van der Waals surface area contributed by atoms with E-state index >= 15 is 4.39 Å². The highest BCUT2D eigenvalue weighted by Crippen LogP contribution is 2.56. The van der Waals surface area contributed by atoms with Gasteiger partial charge in [-0.05, 0) is 5.56 Å². The SMILES string of the molecule is COc1ncc(C(N)=O)c(-c2c(Cl)c(F)cc3c2[C@H](C)[C@@](CN)(c2ccccc2)O3)c1F. The molecule has 2 atom stereocenters. The molecule has 0 saturated carbocycles. The number of nitrogens with two attached hydrogens (primary N) is 2. The molecule has 0 radical (unpaired) electrons. The first-order valence-electron chi connectivity index (χ1n) is 9.76. The lowest BCUT2D eigenvalue weighted by Gasteiger charge is -2.32. The van der Waals surface area contributed by atoms with Gasteiger partial charge in [0, 0.05) is 41.4 Å². The summed E-state index contributed by atoms with van der Waals surface area (Å²) in [7, 11) is 1.22. The normalized spacial score (nSPS) is 19.4. The molecule has 0 bridgehead atoms. The molecule has 1 aromatic heterocycles. The van der Waals surface area contributed by atoms with Crippen LogP contribution in [-0.2, 0) is 5.60 Å². The minimum atomic E-state index is -1.06. The van der Waals surface area contributed by atoms with Crippen molar-refractivity contribution in [2.24, 2.45) is 11.5 Å².